The third-order valence-corrected chi connectivity index (χ3v) is 2.95. The maximum absolute atomic E-state index is 11.2. The molecule has 1 aromatic carbocycles. The second-order valence-electron chi connectivity index (χ2n) is 2.84. The Morgan fingerprint density at radius 3 is 2.71 bits per heavy atom. The fourth-order valence-electron chi connectivity index (χ4n) is 1.00. The summed E-state index contributed by atoms with van der Waals surface area (Å²) in [7, 11) is 1.60. The van der Waals surface area contributed by atoms with Crippen molar-refractivity contribution in [2.24, 2.45) is 0 Å². The van der Waals surface area contributed by atoms with Crippen LogP contribution in [0.5, 0.6) is 5.75 Å². The van der Waals surface area contributed by atoms with Crippen LogP contribution in [0.15, 0.2) is 29.2 Å². The monoisotopic (exact) mass is 211 g/mol. The number of benzene rings is 1. The molecule has 4 heteroatoms. The fraction of sp³-hybridized carbons (Fsp3) is 0.300. The average Bonchev–Trinajstić information content (AvgIpc) is 2.20. The van der Waals surface area contributed by atoms with Crippen LogP contribution >= 0.6 is 11.8 Å². The van der Waals surface area contributed by atoms with Gasteiger partial charge >= 0.3 is 0 Å². The Labute approximate surface area is 87.5 Å². The Bertz CT molecular complexity index is 328. The number of nitrogens with one attached hydrogen (secondary N) is 1. The SMILES string of the molecule is CNC(=O)C(C)Sc1ccccc1O. The molecule has 1 rings (SSSR count). The van der Waals surface area contributed by atoms with Crippen LogP contribution in [0, 0.1) is 0 Å². The highest BCUT2D eigenvalue weighted by molar-refractivity contribution is 8.00. The van der Waals surface area contributed by atoms with Crippen LogP contribution < -0.4 is 5.32 Å². The van der Waals surface area contributed by atoms with Gasteiger partial charge in [0, 0.05) is 11.9 Å². The quantitative estimate of drug-likeness (QED) is 0.747. The minimum absolute atomic E-state index is 0.0433. The van der Waals surface area contributed by atoms with Crippen molar-refractivity contribution in [2.45, 2.75) is 17.1 Å². The Morgan fingerprint density at radius 2 is 2.14 bits per heavy atom. The zero-order chi connectivity index (χ0) is 10.6. The maximum Gasteiger partial charge on any atom is 0.232 e. The van der Waals surface area contributed by atoms with Gasteiger partial charge in [0.25, 0.3) is 0 Å². The number of thioether (sulfide) groups is 1. The summed E-state index contributed by atoms with van der Waals surface area (Å²) in [5.74, 6) is 0.173. The molecular formula is C10H13NO2S. The van der Waals surface area contributed by atoms with Crippen molar-refractivity contribution in [3.05, 3.63) is 24.3 Å². The van der Waals surface area contributed by atoms with Crippen molar-refractivity contribution in [1.29, 1.82) is 0 Å². The number of carbonyl (C=O) groups excluding carboxylic acids is 1. The molecule has 0 aliphatic rings. The molecule has 1 aromatic rings. The van der Waals surface area contributed by atoms with E-state index in [1.54, 1.807) is 32.2 Å². The lowest BCUT2D eigenvalue weighted by atomic mass is 10.3. The van der Waals surface area contributed by atoms with E-state index in [4.69, 9.17) is 0 Å². The van der Waals surface area contributed by atoms with Gasteiger partial charge in [0.05, 0.1) is 5.25 Å². The molecule has 1 unspecified atom stereocenters. The first-order valence-electron chi connectivity index (χ1n) is 4.31. The zero-order valence-electron chi connectivity index (χ0n) is 8.15. The fourth-order valence-corrected chi connectivity index (χ4v) is 1.96. The molecule has 0 heterocycles. The van der Waals surface area contributed by atoms with Gasteiger partial charge in [-0.05, 0) is 19.1 Å². The van der Waals surface area contributed by atoms with E-state index in [2.05, 4.69) is 5.32 Å². The Kier molecular flexibility index (Phi) is 3.83. The van der Waals surface area contributed by atoms with E-state index in [9.17, 15) is 9.90 Å². The number of rotatable bonds is 3. The molecule has 1 amide bonds. The standard InChI is InChI=1S/C10H13NO2S/c1-7(10(13)11-2)14-9-6-4-3-5-8(9)12/h3-7,12H,1-2H3,(H,11,13). The third kappa shape index (κ3) is 2.67. The largest absolute Gasteiger partial charge is 0.507 e. The van der Waals surface area contributed by atoms with Crippen molar-refractivity contribution in [2.75, 3.05) is 7.05 Å². The van der Waals surface area contributed by atoms with Crippen LogP contribution in [0.1, 0.15) is 6.92 Å². The van der Waals surface area contributed by atoms with Gasteiger partial charge in [-0.2, -0.15) is 0 Å². The van der Waals surface area contributed by atoms with E-state index in [1.165, 1.54) is 11.8 Å². The number of hydrogen-bond acceptors (Lipinski definition) is 3. The number of carbonyl (C=O) groups is 1. The molecule has 0 saturated carbocycles. The van der Waals surface area contributed by atoms with Crippen molar-refractivity contribution in [3.8, 4) is 5.75 Å². The van der Waals surface area contributed by atoms with E-state index < -0.39 is 0 Å². The van der Waals surface area contributed by atoms with E-state index >= 15 is 0 Å². The van der Waals surface area contributed by atoms with Crippen LogP contribution in [0.25, 0.3) is 0 Å². The number of aromatic hydroxyl groups is 1. The number of hydrogen-bond donors (Lipinski definition) is 2. The van der Waals surface area contributed by atoms with Crippen molar-refractivity contribution >= 4 is 17.7 Å². The van der Waals surface area contributed by atoms with Crippen molar-refractivity contribution < 1.29 is 9.90 Å². The minimum Gasteiger partial charge on any atom is -0.507 e. The molecule has 0 aliphatic heterocycles. The summed E-state index contributed by atoms with van der Waals surface area (Å²) in [6, 6.07) is 6.99. The summed E-state index contributed by atoms with van der Waals surface area (Å²) in [5.41, 5.74) is 0. The molecule has 0 saturated heterocycles. The van der Waals surface area contributed by atoms with Gasteiger partial charge in [-0.3, -0.25) is 4.79 Å². The highest BCUT2D eigenvalue weighted by Crippen LogP contribution is 2.30. The number of para-hydroxylation sites is 1. The van der Waals surface area contributed by atoms with Crippen LogP contribution in [-0.2, 0) is 4.79 Å². The summed E-state index contributed by atoms with van der Waals surface area (Å²) >= 11 is 1.34. The Morgan fingerprint density at radius 1 is 1.50 bits per heavy atom. The first-order valence-corrected chi connectivity index (χ1v) is 5.19. The van der Waals surface area contributed by atoms with Gasteiger partial charge in [-0.25, -0.2) is 0 Å². The Balaban J connectivity index is 2.69. The molecule has 0 radical (unpaired) electrons. The number of phenolic OH excluding ortho intramolecular Hbond substituents is 1. The highest BCUT2D eigenvalue weighted by atomic mass is 32.2. The molecular weight excluding hydrogens is 198 g/mol. The predicted molar refractivity (Wildman–Crippen MR) is 57.5 cm³/mol. The summed E-state index contributed by atoms with van der Waals surface area (Å²) in [5, 5.41) is 11.8. The van der Waals surface area contributed by atoms with E-state index in [0.717, 1.165) is 4.90 Å². The van der Waals surface area contributed by atoms with Crippen LogP contribution in [0.3, 0.4) is 0 Å². The first-order chi connectivity index (χ1) is 6.65. The predicted octanol–water partition coefficient (Wildman–Crippen LogP) is 1.62. The van der Waals surface area contributed by atoms with E-state index in [0.29, 0.717) is 0 Å². The van der Waals surface area contributed by atoms with Crippen LogP contribution in [0.4, 0.5) is 0 Å². The van der Waals surface area contributed by atoms with E-state index in [-0.39, 0.29) is 16.9 Å². The molecule has 0 aliphatic carbocycles. The highest BCUT2D eigenvalue weighted by Gasteiger charge is 2.13. The summed E-state index contributed by atoms with van der Waals surface area (Å²) in [6.45, 7) is 1.80. The van der Waals surface area contributed by atoms with Crippen LogP contribution in [-0.4, -0.2) is 23.3 Å². The lowest BCUT2D eigenvalue weighted by molar-refractivity contribution is -0.119. The van der Waals surface area contributed by atoms with Gasteiger partial charge in [-0.1, -0.05) is 12.1 Å². The molecule has 1 atom stereocenters. The summed E-state index contributed by atoms with van der Waals surface area (Å²) in [4.78, 5) is 11.9. The normalized spacial score (nSPS) is 12.1. The topological polar surface area (TPSA) is 49.3 Å². The van der Waals surface area contributed by atoms with Crippen molar-refractivity contribution in [1.82, 2.24) is 5.32 Å². The first kappa shape index (κ1) is 10.9. The Hall–Kier alpha value is -1.16. The summed E-state index contributed by atoms with van der Waals surface area (Å²) < 4.78 is 0. The maximum atomic E-state index is 11.2. The summed E-state index contributed by atoms with van der Waals surface area (Å²) in [6.07, 6.45) is 0. The van der Waals surface area contributed by atoms with Crippen molar-refractivity contribution in [3.63, 3.8) is 0 Å². The molecule has 2 N–H and O–H groups in total. The van der Waals surface area contributed by atoms with Crippen LogP contribution in [0.2, 0.25) is 0 Å². The molecule has 0 fully saturated rings. The lowest BCUT2D eigenvalue weighted by Crippen LogP contribution is -2.27. The number of amides is 1. The third-order valence-electron chi connectivity index (χ3n) is 1.78. The van der Waals surface area contributed by atoms with Gasteiger partial charge in [0.2, 0.25) is 5.91 Å². The molecule has 76 valence electrons. The van der Waals surface area contributed by atoms with Gasteiger partial charge in [0.15, 0.2) is 0 Å². The lowest BCUT2D eigenvalue weighted by Gasteiger charge is -2.10. The zero-order valence-corrected chi connectivity index (χ0v) is 8.97. The van der Waals surface area contributed by atoms with E-state index in [1.807, 2.05) is 6.07 Å². The smallest absolute Gasteiger partial charge is 0.232 e. The number of phenols is 1. The molecule has 3 nitrogen and oxygen atoms in total. The molecule has 0 bridgehead atoms. The second-order valence-corrected chi connectivity index (χ2v) is 4.22. The second kappa shape index (κ2) is 4.91. The minimum atomic E-state index is -0.201. The van der Waals surface area contributed by atoms with Gasteiger partial charge < -0.3 is 10.4 Å². The molecule has 14 heavy (non-hydrogen) atoms. The average molecular weight is 211 g/mol. The van der Waals surface area contributed by atoms with Gasteiger partial charge in [0.1, 0.15) is 5.75 Å². The molecule has 0 aromatic heterocycles. The molecule has 0 spiro atoms. The van der Waals surface area contributed by atoms with Gasteiger partial charge in [-0.15, -0.1) is 11.8 Å².